The second-order valence-electron chi connectivity index (χ2n) is 7.77. The van der Waals surface area contributed by atoms with Crippen LogP contribution in [0.15, 0.2) is 61.2 Å². The predicted octanol–water partition coefficient (Wildman–Crippen LogP) is 3.54. The maximum absolute atomic E-state index is 13.1. The van der Waals surface area contributed by atoms with Crippen molar-refractivity contribution in [2.45, 2.75) is 12.8 Å². The Balaban J connectivity index is 1.44. The molecule has 32 heavy (non-hydrogen) atoms. The molecule has 1 amide bonds. The van der Waals surface area contributed by atoms with Gasteiger partial charge in [-0.15, -0.1) is 0 Å². The van der Waals surface area contributed by atoms with Gasteiger partial charge in [0.05, 0.1) is 29.7 Å². The number of fused-ring (bicyclic) bond motifs is 1. The van der Waals surface area contributed by atoms with Gasteiger partial charge < -0.3 is 9.80 Å². The number of hydrogen-bond acceptors (Lipinski definition) is 6. The molecule has 4 aromatic rings. The van der Waals surface area contributed by atoms with E-state index in [-0.39, 0.29) is 5.91 Å². The number of benzene rings is 1. The van der Waals surface area contributed by atoms with E-state index in [2.05, 4.69) is 25.9 Å². The number of aromatic nitrogens is 4. The summed E-state index contributed by atoms with van der Waals surface area (Å²) in [7, 11) is 1.69. The van der Waals surface area contributed by atoms with Gasteiger partial charge in [-0.25, -0.2) is 15.0 Å². The Hall–Kier alpha value is -4.25. The Morgan fingerprint density at radius 1 is 1.00 bits per heavy atom. The molecule has 8 heteroatoms. The Bertz CT molecular complexity index is 1310. The van der Waals surface area contributed by atoms with Gasteiger partial charge in [0.15, 0.2) is 5.65 Å². The van der Waals surface area contributed by atoms with E-state index in [0.29, 0.717) is 22.6 Å². The first-order valence-electron chi connectivity index (χ1n) is 10.5. The van der Waals surface area contributed by atoms with Crippen molar-refractivity contribution in [3.8, 4) is 17.3 Å². The Morgan fingerprint density at radius 2 is 1.78 bits per heavy atom. The van der Waals surface area contributed by atoms with E-state index in [1.54, 1.807) is 49.9 Å². The highest BCUT2D eigenvalue weighted by molar-refractivity contribution is 6.04. The molecule has 1 aliphatic heterocycles. The van der Waals surface area contributed by atoms with Crippen molar-refractivity contribution in [2.24, 2.45) is 0 Å². The van der Waals surface area contributed by atoms with Gasteiger partial charge in [-0.2, -0.15) is 5.26 Å². The number of amides is 1. The lowest BCUT2D eigenvalue weighted by molar-refractivity contribution is 0.0988. The average Bonchev–Trinajstić information content (AvgIpc) is 3.53. The first kappa shape index (κ1) is 19.7. The van der Waals surface area contributed by atoms with Crippen LogP contribution in [0.5, 0.6) is 0 Å². The smallest absolute Gasteiger partial charge is 0.278 e. The van der Waals surface area contributed by atoms with Crippen molar-refractivity contribution in [3.05, 3.63) is 72.4 Å². The number of nitriles is 1. The number of carbonyl (C=O) groups excluding carboxylic acids is 1. The fraction of sp³-hybridized carbons (Fsp3) is 0.208. The van der Waals surface area contributed by atoms with E-state index in [9.17, 15) is 4.79 Å². The van der Waals surface area contributed by atoms with Gasteiger partial charge in [-0.05, 0) is 49.2 Å². The molecule has 1 saturated heterocycles. The van der Waals surface area contributed by atoms with Crippen LogP contribution in [-0.2, 0) is 0 Å². The second-order valence-corrected chi connectivity index (χ2v) is 7.77. The summed E-state index contributed by atoms with van der Waals surface area (Å²) in [6.45, 7) is 2.09. The lowest BCUT2D eigenvalue weighted by atomic mass is 10.2. The number of pyridine rings is 1. The van der Waals surface area contributed by atoms with Crippen molar-refractivity contribution in [1.82, 2.24) is 19.4 Å². The quantitative estimate of drug-likeness (QED) is 0.499. The SMILES string of the molecule is CN(C(=O)c1cn2c(-c3ccc(N4CCCC4)nc3)cnc2cn1)c1ccc(C#N)cc1. The van der Waals surface area contributed by atoms with Crippen molar-refractivity contribution >= 4 is 23.1 Å². The molecule has 0 radical (unpaired) electrons. The molecule has 1 aromatic carbocycles. The molecule has 8 nitrogen and oxygen atoms in total. The van der Waals surface area contributed by atoms with Crippen molar-refractivity contribution < 1.29 is 4.79 Å². The Kier molecular flexibility index (Phi) is 5.00. The molecule has 0 N–H and O–H groups in total. The number of imidazole rings is 1. The van der Waals surface area contributed by atoms with Crippen LogP contribution in [0.3, 0.4) is 0 Å². The molecule has 3 aromatic heterocycles. The highest BCUT2D eigenvalue weighted by atomic mass is 16.2. The topological polar surface area (TPSA) is 90.4 Å². The zero-order valence-electron chi connectivity index (χ0n) is 17.6. The fourth-order valence-corrected chi connectivity index (χ4v) is 3.93. The highest BCUT2D eigenvalue weighted by Gasteiger charge is 2.18. The molecule has 158 valence electrons. The Labute approximate surface area is 185 Å². The van der Waals surface area contributed by atoms with Crippen molar-refractivity contribution in [1.29, 1.82) is 5.26 Å². The van der Waals surface area contributed by atoms with E-state index < -0.39 is 0 Å². The largest absolute Gasteiger partial charge is 0.357 e. The van der Waals surface area contributed by atoms with Crippen LogP contribution < -0.4 is 9.80 Å². The molecule has 0 aliphatic carbocycles. The van der Waals surface area contributed by atoms with Crippen LogP contribution in [0.2, 0.25) is 0 Å². The van der Waals surface area contributed by atoms with Crippen LogP contribution in [0.25, 0.3) is 16.9 Å². The minimum Gasteiger partial charge on any atom is -0.357 e. The van der Waals surface area contributed by atoms with Crippen LogP contribution in [0.1, 0.15) is 28.9 Å². The predicted molar refractivity (Wildman–Crippen MR) is 122 cm³/mol. The van der Waals surface area contributed by atoms with Gasteiger partial charge in [0.1, 0.15) is 11.5 Å². The van der Waals surface area contributed by atoms with Gasteiger partial charge >= 0.3 is 0 Å². The maximum atomic E-state index is 13.1. The first-order valence-corrected chi connectivity index (χ1v) is 10.5. The van der Waals surface area contributed by atoms with Gasteiger partial charge in [0.2, 0.25) is 0 Å². The van der Waals surface area contributed by atoms with E-state index in [4.69, 9.17) is 5.26 Å². The minimum atomic E-state index is -0.251. The summed E-state index contributed by atoms with van der Waals surface area (Å²) in [4.78, 5) is 30.2. The third-order valence-corrected chi connectivity index (χ3v) is 5.78. The fourth-order valence-electron chi connectivity index (χ4n) is 3.93. The second kappa shape index (κ2) is 8.12. The summed E-state index contributed by atoms with van der Waals surface area (Å²) < 4.78 is 1.86. The lowest BCUT2D eigenvalue weighted by Crippen LogP contribution is -2.27. The molecule has 1 aliphatic rings. The molecule has 0 saturated carbocycles. The summed E-state index contributed by atoms with van der Waals surface area (Å²) in [5, 5.41) is 8.97. The summed E-state index contributed by atoms with van der Waals surface area (Å²) in [6.07, 6.45) is 9.32. The number of anilines is 2. The molecule has 0 spiro atoms. The van der Waals surface area contributed by atoms with Crippen LogP contribution in [0.4, 0.5) is 11.5 Å². The summed E-state index contributed by atoms with van der Waals surface area (Å²) in [6, 6.07) is 13.0. The maximum Gasteiger partial charge on any atom is 0.278 e. The molecule has 5 rings (SSSR count). The molecule has 1 fully saturated rings. The van der Waals surface area contributed by atoms with E-state index in [0.717, 1.165) is 30.2 Å². The van der Waals surface area contributed by atoms with Gasteiger partial charge in [-0.3, -0.25) is 9.20 Å². The molecular formula is C24H21N7O. The first-order chi connectivity index (χ1) is 15.6. The lowest BCUT2D eigenvalue weighted by Gasteiger charge is -2.17. The molecule has 0 bridgehead atoms. The van der Waals surface area contributed by atoms with Crippen LogP contribution >= 0.6 is 0 Å². The standard InChI is InChI=1S/C24H21N7O/c1-29(19-7-4-17(12-25)5-8-19)24(32)20-16-31-21(14-28-23(31)15-26-20)18-6-9-22(27-13-18)30-10-2-3-11-30/h4-9,13-16H,2-3,10-11H2,1H3. The summed E-state index contributed by atoms with van der Waals surface area (Å²) >= 11 is 0. The van der Waals surface area contributed by atoms with Crippen LogP contribution in [-0.4, -0.2) is 45.4 Å². The number of rotatable bonds is 4. The van der Waals surface area contributed by atoms with Gasteiger partial charge in [0.25, 0.3) is 5.91 Å². The van der Waals surface area contributed by atoms with Crippen molar-refractivity contribution in [2.75, 3.05) is 29.9 Å². The number of carbonyl (C=O) groups is 1. The molecule has 0 atom stereocenters. The molecule has 0 unspecified atom stereocenters. The normalized spacial score (nSPS) is 13.3. The molecule has 4 heterocycles. The van der Waals surface area contributed by atoms with E-state index in [1.165, 1.54) is 17.7 Å². The average molecular weight is 423 g/mol. The van der Waals surface area contributed by atoms with E-state index in [1.807, 2.05) is 22.7 Å². The van der Waals surface area contributed by atoms with E-state index >= 15 is 0 Å². The van der Waals surface area contributed by atoms with Crippen molar-refractivity contribution in [3.63, 3.8) is 0 Å². The summed E-state index contributed by atoms with van der Waals surface area (Å²) in [5.74, 6) is 0.736. The number of hydrogen-bond donors (Lipinski definition) is 0. The third-order valence-electron chi connectivity index (χ3n) is 5.78. The van der Waals surface area contributed by atoms with Crippen LogP contribution in [0, 0.1) is 11.3 Å². The monoisotopic (exact) mass is 423 g/mol. The number of nitrogens with zero attached hydrogens (tertiary/aromatic N) is 7. The van der Waals surface area contributed by atoms with Gasteiger partial charge in [-0.1, -0.05) is 0 Å². The minimum absolute atomic E-state index is 0.251. The zero-order valence-corrected chi connectivity index (χ0v) is 17.6. The van der Waals surface area contributed by atoms with Gasteiger partial charge in [0, 0.05) is 43.8 Å². The summed E-state index contributed by atoms with van der Waals surface area (Å²) in [5.41, 5.74) is 3.94. The highest BCUT2D eigenvalue weighted by Crippen LogP contribution is 2.24. The molecular weight excluding hydrogens is 402 g/mol. The zero-order chi connectivity index (χ0) is 22.1. The Morgan fingerprint density at radius 3 is 2.47 bits per heavy atom. The third kappa shape index (κ3) is 3.54.